The van der Waals surface area contributed by atoms with Gasteiger partial charge >= 0.3 is 0 Å². The van der Waals surface area contributed by atoms with Gasteiger partial charge in [0.2, 0.25) is 0 Å². The summed E-state index contributed by atoms with van der Waals surface area (Å²) in [5.74, 6) is 0. The summed E-state index contributed by atoms with van der Waals surface area (Å²) >= 11 is 0. The van der Waals surface area contributed by atoms with Crippen LogP contribution in [-0.2, 0) is 0 Å². The quantitative estimate of drug-likeness (QED) is 0.571. The highest BCUT2D eigenvalue weighted by Crippen LogP contribution is 1.81. The van der Waals surface area contributed by atoms with Crippen LogP contribution in [0.25, 0.3) is 0 Å². The Labute approximate surface area is 67.3 Å². The van der Waals surface area contributed by atoms with Crippen molar-refractivity contribution in [3.8, 4) is 0 Å². The van der Waals surface area contributed by atoms with E-state index in [0.717, 1.165) is 5.57 Å². The van der Waals surface area contributed by atoms with Gasteiger partial charge in [0.25, 0.3) is 0 Å². The summed E-state index contributed by atoms with van der Waals surface area (Å²) in [5, 5.41) is 0. The van der Waals surface area contributed by atoms with Crippen LogP contribution in [0.15, 0.2) is 49.6 Å². The van der Waals surface area contributed by atoms with Crippen molar-refractivity contribution in [2.75, 3.05) is 0 Å². The molecular weight excluding hydrogens is 136 g/mol. The minimum Gasteiger partial charge on any atom is -0.262 e. The SMILES string of the molecule is C=CC(=C)C.c1cnccn1. The molecule has 0 amide bonds. The average molecular weight is 148 g/mol. The Morgan fingerprint density at radius 3 is 1.55 bits per heavy atom. The minimum absolute atomic E-state index is 1.02. The number of nitrogens with zero attached hydrogens (tertiary/aromatic N) is 2. The molecule has 0 saturated carbocycles. The van der Waals surface area contributed by atoms with Crippen molar-refractivity contribution in [2.45, 2.75) is 6.92 Å². The third-order valence-electron chi connectivity index (χ3n) is 0.826. The highest BCUT2D eigenvalue weighted by molar-refractivity contribution is 5.05. The van der Waals surface area contributed by atoms with Gasteiger partial charge in [-0.15, -0.1) is 0 Å². The van der Waals surface area contributed by atoms with Gasteiger partial charge in [-0.05, 0) is 6.92 Å². The highest BCUT2D eigenvalue weighted by Gasteiger charge is 1.59. The zero-order chi connectivity index (χ0) is 8.53. The molecule has 0 radical (unpaired) electrons. The third kappa shape index (κ3) is 8.56. The van der Waals surface area contributed by atoms with E-state index < -0.39 is 0 Å². The molecule has 0 aliphatic carbocycles. The first-order valence-corrected chi connectivity index (χ1v) is 3.25. The standard InChI is InChI=1S/C5H8.C4H4N2/c1-4-5(2)3;1-2-6-4-3-5-1/h4H,1-2H2,3H3;1-4H. The molecule has 0 unspecified atom stereocenters. The van der Waals surface area contributed by atoms with Crippen LogP contribution in [-0.4, -0.2) is 9.97 Å². The van der Waals surface area contributed by atoms with Crippen LogP contribution in [0.2, 0.25) is 0 Å². The van der Waals surface area contributed by atoms with Crippen LogP contribution in [0.3, 0.4) is 0 Å². The van der Waals surface area contributed by atoms with E-state index in [4.69, 9.17) is 0 Å². The van der Waals surface area contributed by atoms with Gasteiger partial charge in [0.05, 0.1) is 0 Å². The van der Waals surface area contributed by atoms with Crippen LogP contribution < -0.4 is 0 Å². The van der Waals surface area contributed by atoms with E-state index in [2.05, 4.69) is 23.1 Å². The Balaban J connectivity index is 0.000000187. The summed E-state index contributed by atoms with van der Waals surface area (Å²) in [6.07, 6.45) is 8.28. The lowest BCUT2D eigenvalue weighted by Gasteiger charge is -1.71. The minimum atomic E-state index is 1.02. The van der Waals surface area contributed by atoms with E-state index in [0.29, 0.717) is 0 Å². The largest absolute Gasteiger partial charge is 0.262 e. The molecule has 2 heteroatoms. The molecule has 0 N–H and O–H groups in total. The maximum atomic E-state index is 3.72. The van der Waals surface area contributed by atoms with Crippen molar-refractivity contribution in [1.82, 2.24) is 9.97 Å². The van der Waals surface area contributed by atoms with Crippen molar-refractivity contribution < 1.29 is 0 Å². The average Bonchev–Trinajstić information content (AvgIpc) is 2.09. The lowest BCUT2D eigenvalue weighted by atomic mass is 10.4. The fourth-order valence-electron chi connectivity index (χ4n) is 0.253. The van der Waals surface area contributed by atoms with Gasteiger partial charge in [-0.25, -0.2) is 0 Å². The Hall–Kier alpha value is -1.44. The summed E-state index contributed by atoms with van der Waals surface area (Å²) in [4.78, 5) is 7.44. The first-order valence-electron chi connectivity index (χ1n) is 3.25. The van der Waals surface area contributed by atoms with Crippen molar-refractivity contribution in [3.05, 3.63) is 49.6 Å². The zero-order valence-corrected chi connectivity index (χ0v) is 6.70. The number of allylic oxidation sites excluding steroid dienone is 2. The second kappa shape index (κ2) is 6.68. The molecular formula is C9H12N2. The maximum absolute atomic E-state index is 3.72. The Morgan fingerprint density at radius 2 is 1.45 bits per heavy atom. The fraction of sp³-hybridized carbons (Fsp3) is 0.111. The molecule has 2 nitrogen and oxygen atoms in total. The summed E-state index contributed by atoms with van der Waals surface area (Å²) in [6.45, 7) is 8.93. The maximum Gasteiger partial charge on any atom is 0.0451 e. The van der Waals surface area contributed by atoms with Crippen molar-refractivity contribution in [2.24, 2.45) is 0 Å². The van der Waals surface area contributed by atoms with Crippen LogP contribution in [0.1, 0.15) is 6.92 Å². The molecule has 1 aromatic heterocycles. The first-order chi connectivity index (χ1) is 5.27. The Morgan fingerprint density at radius 1 is 1.18 bits per heavy atom. The number of hydrogen-bond acceptors (Lipinski definition) is 2. The highest BCUT2D eigenvalue weighted by atomic mass is 14.7. The second-order valence-electron chi connectivity index (χ2n) is 1.94. The van der Waals surface area contributed by atoms with E-state index >= 15 is 0 Å². The van der Waals surface area contributed by atoms with Gasteiger partial charge in [-0.3, -0.25) is 9.97 Å². The predicted octanol–water partition coefficient (Wildman–Crippen LogP) is 2.23. The topological polar surface area (TPSA) is 25.8 Å². The van der Waals surface area contributed by atoms with Crippen LogP contribution >= 0.6 is 0 Å². The third-order valence-corrected chi connectivity index (χ3v) is 0.826. The van der Waals surface area contributed by atoms with Gasteiger partial charge in [-0.1, -0.05) is 24.8 Å². The smallest absolute Gasteiger partial charge is 0.0451 e. The number of rotatable bonds is 1. The molecule has 1 aromatic rings. The molecule has 0 aromatic carbocycles. The second-order valence-corrected chi connectivity index (χ2v) is 1.94. The normalized spacial score (nSPS) is 7.36. The van der Waals surface area contributed by atoms with E-state index in [-0.39, 0.29) is 0 Å². The van der Waals surface area contributed by atoms with Gasteiger partial charge in [-0.2, -0.15) is 0 Å². The molecule has 0 aliphatic heterocycles. The Bertz CT molecular complexity index is 177. The molecule has 0 spiro atoms. The van der Waals surface area contributed by atoms with Gasteiger partial charge in [0.15, 0.2) is 0 Å². The summed E-state index contributed by atoms with van der Waals surface area (Å²) in [7, 11) is 0. The lowest BCUT2D eigenvalue weighted by molar-refractivity contribution is 1.20. The number of aromatic nitrogens is 2. The van der Waals surface area contributed by atoms with E-state index in [1.807, 2.05) is 6.92 Å². The van der Waals surface area contributed by atoms with E-state index in [9.17, 15) is 0 Å². The predicted molar refractivity (Wildman–Crippen MR) is 47.0 cm³/mol. The molecule has 1 rings (SSSR count). The van der Waals surface area contributed by atoms with Crippen molar-refractivity contribution in [3.63, 3.8) is 0 Å². The van der Waals surface area contributed by atoms with Gasteiger partial charge < -0.3 is 0 Å². The van der Waals surface area contributed by atoms with Gasteiger partial charge in [0.1, 0.15) is 0 Å². The number of hydrogen-bond donors (Lipinski definition) is 0. The lowest BCUT2D eigenvalue weighted by Crippen LogP contribution is -1.66. The molecule has 11 heavy (non-hydrogen) atoms. The Kier molecular flexibility index (Phi) is 5.80. The van der Waals surface area contributed by atoms with Gasteiger partial charge in [0, 0.05) is 24.8 Å². The monoisotopic (exact) mass is 148 g/mol. The van der Waals surface area contributed by atoms with Crippen molar-refractivity contribution in [1.29, 1.82) is 0 Å². The van der Waals surface area contributed by atoms with E-state index in [1.54, 1.807) is 30.9 Å². The first kappa shape index (κ1) is 9.56. The molecule has 58 valence electrons. The van der Waals surface area contributed by atoms with Crippen LogP contribution in [0.5, 0.6) is 0 Å². The van der Waals surface area contributed by atoms with Crippen LogP contribution in [0.4, 0.5) is 0 Å². The molecule has 0 bridgehead atoms. The van der Waals surface area contributed by atoms with Crippen LogP contribution in [0, 0.1) is 0 Å². The zero-order valence-electron chi connectivity index (χ0n) is 6.70. The van der Waals surface area contributed by atoms with E-state index in [1.165, 1.54) is 0 Å². The fourth-order valence-corrected chi connectivity index (χ4v) is 0.253. The molecule has 0 saturated heterocycles. The molecule has 0 fully saturated rings. The molecule has 1 heterocycles. The summed E-state index contributed by atoms with van der Waals surface area (Å²) < 4.78 is 0. The molecule has 0 aliphatic rings. The molecule has 0 atom stereocenters. The summed E-state index contributed by atoms with van der Waals surface area (Å²) in [5.41, 5.74) is 1.02. The summed E-state index contributed by atoms with van der Waals surface area (Å²) in [6, 6.07) is 0. The van der Waals surface area contributed by atoms with Crippen molar-refractivity contribution >= 4 is 0 Å².